The maximum Gasteiger partial charge on any atom is 0.343 e. The van der Waals surface area contributed by atoms with Crippen LogP contribution in [-0.2, 0) is 11.8 Å². The van der Waals surface area contributed by atoms with Gasteiger partial charge in [0, 0.05) is 13.6 Å². The van der Waals surface area contributed by atoms with Crippen molar-refractivity contribution in [2.45, 2.75) is 19.0 Å². The van der Waals surface area contributed by atoms with E-state index in [2.05, 4.69) is 15.5 Å². The Morgan fingerprint density at radius 3 is 2.81 bits per heavy atom. The van der Waals surface area contributed by atoms with Gasteiger partial charge in [-0.05, 0) is 5.92 Å². The average Bonchev–Trinajstić information content (AvgIpc) is 2.54. The van der Waals surface area contributed by atoms with Crippen LogP contribution in [0.5, 0.6) is 0 Å². The molecular formula is C9H16N4O2S. The topological polar surface area (TPSA) is 79.8 Å². The van der Waals surface area contributed by atoms with Gasteiger partial charge >= 0.3 is 5.69 Å². The molecule has 0 radical (unpaired) electrons. The van der Waals surface area contributed by atoms with Crippen LogP contribution in [0.4, 0.5) is 0 Å². The van der Waals surface area contributed by atoms with E-state index in [1.165, 1.54) is 16.3 Å². The Kier molecular flexibility index (Phi) is 4.60. The molecule has 1 aromatic heterocycles. The second-order valence-electron chi connectivity index (χ2n) is 3.86. The number of thioether (sulfide) groups is 1. The minimum atomic E-state index is -0.273. The first kappa shape index (κ1) is 12.8. The second kappa shape index (κ2) is 5.74. The Balaban J connectivity index is 2.37. The molecule has 1 heterocycles. The van der Waals surface area contributed by atoms with Gasteiger partial charge in [-0.25, -0.2) is 9.89 Å². The van der Waals surface area contributed by atoms with E-state index in [1.54, 1.807) is 7.05 Å². The number of H-pyrrole nitrogens is 1. The largest absolute Gasteiger partial charge is 0.355 e. The molecule has 6 nitrogen and oxygen atoms in total. The molecule has 0 atom stereocenters. The van der Waals surface area contributed by atoms with Gasteiger partial charge in [-0.3, -0.25) is 9.36 Å². The maximum absolute atomic E-state index is 11.4. The summed E-state index contributed by atoms with van der Waals surface area (Å²) in [5.74, 6) is 0.656. The van der Waals surface area contributed by atoms with Crippen LogP contribution in [0.2, 0.25) is 0 Å². The van der Waals surface area contributed by atoms with Crippen molar-refractivity contribution in [1.82, 2.24) is 20.1 Å². The van der Waals surface area contributed by atoms with Crippen LogP contribution in [0.3, 0.4) is 0 Å². The number of hydrogen-bond acceptors (Lipinski definition) is 4. The lowest BCUT2D eigenvalue weighted by molar-refractivity contribution is -0.118. The first-order valence-electron chi connectivity index (χ1n) is 5.01. The molecule has 0 unspecified atom stereocenters. The minimum absolute atomic E-state index is 0.0471. The lowest BCUT2D eigenvalue weighted by atomic mass is 10.2. The van der Waals surface area contributed by atoms with Crippen molar-refractivity contribution in [2.24, 2.45) is 13.0 Å². The molecular weight excluding hydrogens is 228 g/mol. The van der Waals surface area contributed by atoms with Crippen LogP contribution < -0.4 is 11.0 Å². The van der Waals surface area contributed by atoms with E-state index in [4.69, 9.17) is 0 Å². The summed E-state index contributed by atoms with van der Waals surface area (Å²) in [6.45, 7) is 4.73. The highest BCUT2D eigenvalue weighted by atomic mass is 32.2. The van der Waals surface area contributed by atoms with E-state index in [0.29, 0.717) is 17.6 Å². The van der Waals surface area contributed by atoms with E-state index in [0.717, 1.165) is 0 Å². The number of hydrogen-bond donors (Lipinski definition) is 2. The molecule has 0 aliphatic carbocycles. The highest BCUT2D eigenvalue weighted by Gasteiger charge is 2.08. The summed E-state index contributed by atoms with van der Waals surface area (Å²) >= 11 is 1.24. The molecule has 0 aliphatic heterocycles. The molecule has 90 valence electrons. The van der Waals surface area contributed by atoms with Gasteiger partial charge in [0.1, 0.15) is 0 Å². The van der Waals surface area contributed by atoms with Crippen LogP contribution in [-0.4, -0.2) is 33.0 Å². The Morgan fingerprint density at radius 1 is 1.62 bits per heavy atom. The molecule has 1 rings (SSSR count). The molecule has 0 bridgehead atoms. The van der Waals surface area contributed by atoms with Gasteiger partial charge < -0.3 is 5.32 Å². The number of aromatic nitrogens is 3. The quantitative estimate of drug-likeness (QED) is 0.713. The smallest absolute Gasteiger partial charge is 0.343 e. The monoisotopic (exact) mass is 244 g/mol. The fourth-order valence-corrected chi connectivity index (χ4v) is 1.71. The van der Waals surface area contributed by atoms with Crippen LogP contribution in [0.25, 0.3) is 0 Å². The molecule has 0 aliphatic rings. The number of rotatable bonds is 5. The molecule has 7 heteroatoms. The van der Waals surface area contributed by atoms with E-state index in [9.17, 15) is 9.59 Å². The zero-order valence-electron chi connectivity index (χ0n) is 9.61. The van der Waals surface area contributed by atoms with Crippen molar-refractivity contribution in [3.8, 4) is 0 Å². The van der Waals surface area contributed by atoms with Crippen LogP contribution in [0.1, 0.15) is 13.8 Å². The number of nitrogens with one attached hydrogen (secondary N) is 2. The molecule has 0 aromatic carbocycles. The van der Waals surface area contributed by atoms with Crippen molar-refractivity contribution < 1.29 is 4.79 Å². The fourth-order valence-electron chi connectivity index (χ4n) is 0.961. The van der Waals surface area contributed by atoms with Crippen molar-refractivity contribution in [3.05, 3.63) is 10.5 Å². The number of aromatic amines is 1. The first-order chi connectivity index (χ1) is 7.50. The third-order valence-corrected chi connectivity index (χ3v) is 2.91. The molecule has 1 aromatic rings. The number of carbonyl (C=O) groups excluding carboxylic acids is 1. The van der Waals surface area contributed by atoms with Gasteiger partial charge in [-0.15, -0.1) is 5.10 Å². The van der Waals surface area contributed by atoms with Crippen molar-refractivity contribution in [3.63, 3.8) is 0 Å². The standard InChI is InChI=1S/C9H16N4O2S/c1-6(2)4-10-7(14)5-16-9-12-11-8(15)13(9)3/h6H,4-5H2,1-3H3,(H,10,14)(H,11,15). The number of nitrogens with zero attached hydrogens (tertiary/aromatic N) is 2. The zero-order chi connectivity index (χ0) is 12.1. The number of amides is 1. The third kappa shape index (κ3) is 3.73. The lowest BCUT2D eigenvalue weighted by Crippen LogP contribution is -2.28. The van der Waals surface area contributed by atoms with Gasteiger partial charge in [0.05, 0.1) is 5.75 Å². The van der Waals surface area contributed by atoms with E-state index in [1.807, 2.05) is 13.8 Å². The van der Waals surface area contributed by atoms with Gasteiger partial charge in [0.15, 0.2) is 5.16 Å². The summed E-state index contributed by atoms with van der Waals surface area (Å²) in [7, 11) is 1.61. The Bertz CT molecular complexity index is 410. The second-order valence-corrected chi connectivity index (χ2v) is 4.80. The number of carbonyl (C=O) groups is 1. The van der Waals surface area contributed by atoms with E-state index < -0.39 is 0 Å². The summed E-state index contributed by atoms with van der Waals surface area (Å²) < 4.78 is 1.38. The third-order valence-electron chi connectivity index (χ3n) is 1.88. The van der Waals surface area contributed by atoms with Crippen molar-refractivity contribution in [1.29, 1.82) is 0 Å². The van der Waals surface area contributed by atoms with E-state index >= 15 is 0 Å². The molecule has 2 N–H and O–H groups in total. The Hall–Kier alpha value is -1.24. The fraction of sp³-hybridized carbons (Fsp3) is 0.667. The molecule has 0 fully saturated rings. The first-order valence-corrected chi connectivity index (χ1v) is 6.00. The van der Waals surface area contributed by atoms with Crippen LogP contribution in [0, 0.1) is 5.92 Å². The van der Waals surface area contributed by atoms with Gasteiger partial charge in [0.2, 0.25) is 5.91 Å². The zero-order valence-corrected chi connectivity index (χ0v) is 10.4. The van der Waals surface area contributed by atoms with Gasteiger partial charge in [-0.1, -0.05) is 25.6 Å². The molecule has 0 spiro atoms. The predicted octanol–water partition coefficient (Wildman–Crippen LogP) is -0.0273. The molecule has 16 heavy (non-hydrogen) atoms. The van der Waals surface area contributed by atoms with Crippen LogP contribution in [0.15, 0.2) is 9.95 Å². The molecule has 1 amide bonds. The van der Waals surface area contributed by atoms with Crippen molar-refractivity contribution >= 4 is 17.7 Å². The molecule has 0 saturated heterocycles. The Labute approximate surface area is 97.8 Å². The minimum Gasteiger partial charge on any atom is -0.355 e. The SMILES string of the molecule is CC(C)CNC(=O)CSc1n[nH]c(=O)n1C. The van der Waals surface area contributed by atoms with Crippen LogP contribution >= 0.6 is 11.8 Å². The Morgan fingerprint density at radius 2 is 2.31 bits per heavy atom. The highest BCUT2D eigenvalue weighted by Crippen LogP contribution is 2.10. The van der Waals surface area contributed by atoms with Gasteiger partial charge in [-0.2, -0.15) is 0 Å². The summed E-state index contributed by atoms with van der Waals surface area (Å²) in [6, 6.07) is 0. The average molecular weight is 244 g/mol. The summed E-state index contributed by atoms with van der Waals surface area (Å²) in [6.07, 6.45) is 0. The summed E-state index contributed by atoms with van der Waals surface area (Å²) in [4.78, 5) is 22.4. The molecule has 0 saturated carbocycles. The normalized spacial score (nSPS) is 10.8. The maximum atomic E-state index is 11.4. The highest BCUT2D eigenvalue weighted by molar-refractivity contribution is 7.99. The summed E-state index contributed by atoms with van der Waals surface area (Å²) in [5, 5.41) is 9.42. The summed E-state index contributed by atoms with van der Waals surface area (Å²) in [5.41, 5.74) is -0.273. The predicted molar refractivity (Wildman–Crippen MR) is 62.4 cm³/mol. The lowest BCUT2D eigenvalue weighted by Gasteiger charge is -2.06. The van der Waals surface area contributed by atoms with Crippen molar-refractivity contribution in [2.75, 3.05) is 12.3 Å². The van der Waals surface area contributed by atoms with E-state index in [-0.39, 0.29) is 17.3 Å². The van der Waals surface area contributed by atoms with Gasteiger partial charge in [0.25, 0.3) is 0 Å².